The lowest BCUT2D eigenvalue weighted by Crippen LogP contribution is -2.52. The smallest absolute Gasteiger partial charge is 0.408 e. The third-order valence-corrected chi connectivity index (χ3v) is 4.92. The van der Waals surface area contributed by atoms with Crippen molar-refractivity contribution in [2.45, 2.75) is 57.8 Å². The molecular formula is C25H31F2NO5. The van der Waals surface area contributed by atoms with Gasteiger partial charge in [0.05, 0.1) is 19.8 Å². The van der Waals surface area contributed by atoms with Gasteiger partial charge in [-0.25, -0.2) is 13.6 Å². The second-order valence-electron chi connectivity index (χ2n) is 9.09. The van der Waals surface area contributed by atoms with Gasteiger partial charge in [-0.1, -0.05) is 18.2 Å². The van der Waals surface area contributed by atoms with E-state index in [9.17, 15) is 18.4 Å². The second-order valence-corrected chi connectivity index (χ2v) is 9.09. The first-order valence-electron chi connectivity index (χ1n) is 10.6. The number of methoxy groups -OCH3 is 1. The number of amides is 1. The Kier molecular flexibility index (Phi) is 8.55. The number of hydrogen-bond donors (Lipinski definition) is 1. The molecule has 0 aromatic heterocycles. The van der Waals surface area contributed by atoms with Crippen molar-refractivity contribution < 1.29 is 32.6 Å². The molecule has 0 heterocycles. The molecule has 0 spiro atoms. The molecule has 0 fully saturated rings. The first kappa shape index (κ1) is 26.3. The number of ether oxygens (including phenoxy) is 3. The summed E-state index contributed by atoms with van der Waals surface area (Å²) in [6.07, 6.45) is -0.729. The molecule has 6 nitrogen and oxygen atoms in total. The molecule has 0 unspecified atom stereocenters. The summed E-state index contributed by atoms with van der Waals surface area (Å²) in [5.74, 6) is -1.02. The maximum atomic E-state index is 13.8. The zero-order valence-corrected chi connectivity index (χ0v) is 19.8. The summed E-state index contributed by atoms with van der Waals surface area (Å²) in [5, 5.41) is 2.53. The van der Waals surface area contributed by atoms with E-state index in [0.29, 0.717) is 23.2 Å². The monoisotopic (exact) mass is 463 g/mol. The molecule has 3 atom stereocenters. The van der Waals surface area contributed by atoms with Gasteiger partial charge >= 0.3 is 6.09 Å². The lowest BCUT2D eigenvalue weighted by atomic mass is 9.86. The number of halogens is 2. The van der Waals surface area contributed by atoms with Crippen molar-refractivity contribution in [2.24, 2.45) is 0 Å². The first-order valence-corrected chi connectivity index (χ1v) is 10.6. The Morgan fingerprint density at radius 2 is 1.67 bits per heavy atom. The number of hydrogen-bond acceptors (Lipinski definition) is 5. The molecule has 2 rings (SSSR count). The number of rotatable bonds is 9. The molecule has 180 valence electrons. The van der Waals surface area contributed by atoms with E-state index < -0.39 is 40.9 Å². The number of nitrogens with one attached hydrogen (secondary N) is 1. The van der Waals surface area contributed by atoms with Gasteiger partial charge in [0, 0.05) is 17.5 Å². The van der Waals surface area contributed by atoms with Crippen LogP contribution in [0.4, 0.5) is 13.6 Å². The minimum absolute atomic E-state index is 0.155. The van der Waals surface area contributed by atoms with E-state index in [1.807, 2.05) is 0 Å². The summed E-state index contributed by atoms with van der Waals surface area (Å²) in [7, 11) is 1.43. The molecule has 2 aromatic rings. The van der Waals surface area contributed by atoms with Crippen molar-refractivity contribution in [3.63, 3.8) is 0 Å². The highest BCUT2D eigenvalue weighted by atomic mass is 19.1. The van der Waals surface area contributed by atoms with Crippen LogP contribution in [0, 0.1) is 11.6 Å². The van der Waals surface area contributed by atoms with Crippen molar-refractivity contribution in [3.8, 4) is 5.75 Å². The summed E-state index contributed by atoms with van der Waals surface area (Å²) < 4.78 is 43.9. The third kappa shape index (κ3) is 7.53. The van der Waals surface area contributed by atoms with Crippen LogP contribution in [-0.2, 0) is 14.3 Å². The predicted octanol–water partition coefficient (Wildman–Crippen LogP) is 4.99. The van der Waals surface area contributed by atoms with E-state index in [2.05, 4.69) is 5.32 Å². The normalized spacial score (nSPS) is 15.2. The molecule has 33 heavy (non-hydrogen) atoms. The van der Waals surface area contributed by atoms with Gasteiger partial charge in [-0.3, -0.25) is 0 Å². The number of aldehydes is 1. The van der Waals surface area contributed by atoms with E-state index >= 15 is 0 Å². The Balaban J connectivity index is 2.30. The molecule has 1 amide bonds. The van der Waals surface area contributed by atoms with Crippen LogP contribution in [0.15, 0.2) is 42.5 Å². The Hall–Kier alpha value is -3.00. The van der Waals surface area contributed by atoms with Gasteiger partial charge < -0.3 is 24.3 Å². The SMILES string of the molecule is COc1cc(F)ccc1[C@@H](c1ccc(F)cc1)[C@H](C)OC[C@@](C)(C=O)NC(=O)OC(C)(C)C. The zero-order valence-electron chi connectivity index (χ0n) is 19.8. The van der Waals surface area contributed by atoms with Crippen LogP contribution in [0.5, 0.6) is 5.75 Å². The fourth-order valence-corrected chi connectivity index (χ4v) is 3.35. The van der Waals surface area contributed by atoms with Crippen LogP contribution in [0.1, 0.15) is 51.7 Å². The molecule has 8 heteroatoms. The van der Waals surface area contributed by atoms with Crippen LogP contribution in [0.25, 0.3) is 0 Å². The number of carbonyl (C=O) groups excluding carboxylic acids is 2. The van der Waals surface area contributed by atoms with Crippen molar-refractivity contribution in [2.75, 3.05) is 13.7 Å². The highest BCUT2D eigenvalue weighted by Crippen LogP contribution is 2.36. The molecule has 1 N–H and O–H groups in total. The van der Waals surface area contributed by atoms with Crippen LogP contribution in [0.3, 0.4) is 0 Å². The molecule has 0 radical (unpaired) electrons. The van der Waals surface area contributed by atoms with Crippen molar-refractivity contribution >= 4 is 12.4 Å². The molecule has 0 bridgehead atoms. The fourth-order valence-electron chi connectivity index (χ4n) is 3.35. The molecular weight excluding hydrogens is 432 g/mol. The van der Waals surface area contributed by atoms with Gasteiger partial charge in [0.1, 0.15) is 34.8 Å². The van der Waals surface area contributed by atoms with Gasteiger partial charge in [0.25, 0.3) is 0 Å². The molecule has 0 aliphatic carbocycles. The molecule has 2 aromatic carbocycles. The van der Waals surface area contributed by atoms with Crippen molar-refractivity contribution in [1.29, 1.82) is 0 Å². The number of benzene rings is 2. The van der Waals surface area contributed by atoms with Crippen LogP contribution in [-0.4, -0.2) is 43.3 Å². The van der Waals surface area contributed by atoms with Crippen LogP contribution in [0.2, 0.25) is 0 Å². The maximum Gasteiger partial charge on any atom is 0.408 e. The number of carbonyl (C=O) groups is 2. The molecule has 0 saturated heterocycles. The van der Waals surface area contributed by atoms with Gasteiger partial charge in [-0.05, 0) is 58.4 Å². The lowest BCUT2D eigenvalue weighted by Gasteiger charge is -2.31. The topological polar surface area (TPSA) is 73.9 Å². The highest BCUT2D eigenvalue weighted by molar-refractivity contribution is 5.76. The van der Waals surface area contributed by atoms with E-state index in [1.165, 1.54) is 38.3 Å². The standard InChI is InChI=1S/C25H31F2NO5/c1-16(32-15-25(5,14-29)28-23(30)33-24(2,3)4)22(17-7-9-18(26)10-8-17)20-12-11-19(27)13-21(20)31-6/h7-14,16,22H,15H2,1-6H3,(H,28,30)/t16-,22+,25+/m0/s1. The summed E-state index contributed by atoms with van der Waals surface area (Å²) in [5.41, 5.74) is -0.737. The van der Waals surface area contributed by atoms with Gasteiger partial charge in [-0.15, -0.1) is 0 Å². The fraction of sp³-hybridized carbons (Fsp3) is 0.440. The molecule has 0 aliphatic heterocycles. The van der Waals surface area contributed by atoms with Crippen LogP contribution >= 0.6 is 0 Å². The minimum Gasteiger partial charge on any atom is -0.496 e. The highest BCUT2D eigenvalue weighted by Gasteiger charge is 2.32. The Morgan fingerprint density at radius 1 is 1.06 bits per heavy atom. The lowest BCUT2D eigenvalue weighted by molar-refractivity contribution is -0.116. The summed E-state index contributed by atoms with van der Waals surface area (Å²) in [6, 6.07) is 10.0. The maximum absolute atomic E-state index is 13.8. The Labute approximate surface area is 193 Å². The Bertz CT molecular complexity index is 958. The van der Waals surface area contributed by atoms with Gasteiger partial charge in [0.15, 0.2) is 0 Å². The van der Waals surface area contributed by atoms with E-state index in [0.717, 1.165) is 0 Å². The Morgan fingerprint density at radius 3 is 2.21 bits per heavy atom. The van der Waals surface area contributed by atoms with E-state index in [-0.39, 0.29) is 6.61 Å². The average molecular weight is 464 g/mol. The van der Waals surface area contributed by atoms with Crippen LogP contribution < -0.4 is 10.1 Å². The van der Waals surface area contributed by atoms with Crippen molar-refractivity contribution in [3.05, 3.63) is 65.2 Å². The van der Waals surface area contributed by atoms with Crippen molar-refractivity contribution in [1.82, 2.24) is 5.32 Å². The summed E-state index contributed by atoms with van der Waals surface area (Å²) in [4.78, 5) is 23.9. The predicted molar refractivity (Wildman–Crippen MR) is 120 cm³/mol. The second kappa shape index (κ2) is 10.7. The zero-order chi connectivity index (χ0) is 24.8. The van der Waals surface area contributed by atoms with E-state index in [1.54, 1.807) is 45.9 Å². The van der Waals surface area contributed by atoms with E-state index in [4.69, 9.17) is 14.2 Å². The minimum atomic E-state index is -1.35. The quantitative estimate of drug-likeness (QED) is 0.530. The summed E-state index contributed by atoms with van der Waals surface area (Å²) in [6.45, 7) is 8.28. The third-order valence-electron chi connectivity index (χ3n) is 4.92. The van der Waals surface area contributed by atoms with Gasteiger partial charge in [0.2, 0.25) is 0 Å². The van der Waals surface area contributed by atoms with Gasteiger partial charge in [-0.2, -0.15) is 0 Å². The number of alkyl carbamates (subject to hydrolysis) is 1. The summed E-state index contributed by atoms with van der Waals surface area (Å²) >= 11 is 0. The molecule has 0 aliphatic rings. The largest absolute Gasteiger partial charge is 0.496 e. The first-order chi connectivity index (χ1) is 15.4. The average Bonchev–Trinajstić information content (AvgIpc) is 2.73. The molecule has 0 saturated carbocycles.